The number of hydrogen-bond acceptors (Lipinski definition) is 3. The van der Waals surface area contributed by atoms with Gasteiger partial charge in [0.05, 0.1) is 5.52 Å². The Hall–Kier alpha value is -2.30. The third-order valence-electron chi connectivity index (χ3n) is 4.54. The lowest BCUT2D eigenvalue weighted by Gasteiger charge is -2.13. The van der Waals surface area contributed by atoms with Crippen molar-refractivity contribution in [3.63, 3.8) is 0 Å². The van der Waals surface area contributed by atoms with Crippen molar-refractivity contribution >= 4 is 44.3 Å². The number of nitrogens with zero attached hydrogens (tertiary/aromatic N) is 3. The molecule has 4 aromatic rings. The summed E-state index contributed by atoms with van der Waals surface area (Å²) in [6, 6.07) is 14.2. The van der Waals surface area contributed by atoms with Crippen molar-refractivity contribution in [3.05, 3.63) is 47.5 Å². The molecule has 0 unspecified atom stereocenters. The Morgan fingerprint density at radius 1 is 1.08 bits per heavy atom. The summed E-state index contributed by atoms with van der Waals surface area (Å²) < 4.78 is 8.12. The van der Waals surface area contributed by atoms with Crippen molar-refractivity contribution in [1.82, 2.24) is 14.5 Å². The number of hydrogen-bond donors (Lipinski definition) is 0. The largest absolute Gasteiger partial charge is 0.476 e. The number of likely N-dealkylation sites (N-methyl/N-ethyl adjacent to an activating group) is 1. The third kappa shape index (κ3) is 2.71. The number of aromatic nitrogens is 2. The molecule has 0 radical (unpaired) electrons. The minimum Gasteiger partial charge on any atom is -0.476 e. The van der Waals surface area contributed by atoms with Crippen LogP contribution in [-0.4, -0.2) is 41.7 Å². The molecule has 2 heterocycles. The van der Waals surface area contributed by atoms with Crippen LogP contribution in [0.5, 0.6) is 5.88 Å². The lowest BCUT2D eigenvalue weighted by Crippen LogP contribution is -2.19. The molecule has 2 aromatic heterocycles. The number of benzene rings is 2. The molecular formula is C20H20ClN3O. The van der Waals surface area contributed by atoms with Gasteiger partial charge in [0.15, 0.2) is 0 Å². The summed E-state index contributed by atoms with van der Waals surface area (Å²) in [4.78, 5) is 6.94. The summed E-state index contributed by atoms with van der Waals surface area (Å²) in [5.74, 6) is 0.682. The molecule has 0 atom stereocenters. The van der Waals surface area contributed by atoms with E-state index in [2.05, 4.69) is 27.7 Å². The third-order valence-corrected chi connectivity index (χ3v) is 4.78. The van der Waals surface area contributed by atoms with Gasteiger partial charge in [0.1, 0.15) is 12.3 Å². The SMILES string of the molecule is CN(C)CCOc1nc2c(c3ccccc13)c1cc(Cl)ccc1n2C. The first-order chi connectivity index (χ1) is 12.1. The summed E-state index contributed by atoms with van der Waals surface area (Å²) in [5, 5.41) is 5.14. The van der Waals surface area contributed by atoms with E-state index in [0.29, 0.717) is 12.5 Å². The molecule has 25 heavy (non-hydrogen) atoms. The van der Waals surface area contributed by atoms with Crippen molar-refractivity contribution in [2.45, 2.75) is 0 Å². The molecule has 0 amide bonds. The molecule has 0 saturated carbocycles. The maximum Gasteiger partial charge on any atom is 0.223 e. The van der Waals surface area contributed by atoms with Crippen LogP contribution >= 0.6 is 11.6 Å². The lowest BCUT2D eigenvalue weighted by molar-refractivity contribution is 0.257. The van der Waals surface area contributed by atoms with Gasteiger partial charge >= 0.3 is 0 Å². The monoisotopic (exact) mass is 353 g/mol. The van der Waals surface area contributed by atoms with Gasteiger partial charge in [0, 0.05) is 34.8 Å². The van der Waals surface area contributed by atoms with Crippen LogP contribution in [0.15, 0.2) is 42.5 Å². The number of halogens is 1. The predicted octanol–water partition coefficient (Wildman–Crippen LogP) is 4.47. The van der Waals surface area contributed by atoms with Gasteiger partial charge < -0.3 is 14.2 Å². The standard InChI is InChI=1S/C20H20ClN3O/c1-23(2)10-11-25-20-15-7-5-4-6-14(15)18-16-12-13(21)8-9-17(16)24(3)19(18)22-20/h4-9,12H,10-11H2,1-3H3. The summed E-state index contributed by atoms with van der Waals surface area (Å²) in [7, 11) is 6.10. The van der Waals surface area contributed by atoms with E-state index in [0.717, 1.165) is 44.3 Å². The van der Waals surface area contributed by atoms with Crippen molar-refractivity contribution in [2.75, 3.05) is 27.2 Å². The summed E-state index contributed by atoms with van der Waals surface area (Å²) in [6.07, 6.45) is 0. The first-order valence-corrected chi connectivity index (χ1v) is 8.68. The Balaban J connectivity index is 2.01. The number of aryl methyl sites for hydroxylation is 1. The Kier molecular flexibility index (Phi) is 4.02. The zero-order chi connectivity index (χ0) is 17.6. The normalized spacial score (nSPS) is 11.9. The van der Waals surface area contributed by atoms with Crippen molar-refractivity contribution in [1.29, 1.82) is 0 Å². The van der Waals surface area contributed by atoms with E-state index in [1.165, 1.54) is 0 Å². The highest BCUT2D eigenvalue weighted by molar-refractivity contribution is 6.32. The first kappa shape index (κ1) is 16.2. The molecule has 0 spiro atoms. The molecular weight excluding hydrogens is 334 g/mol. The van der Waals surface area contributed by atoms with E-state index in [1.807, 2.05) is 45.4 Å². The second-order valence-electron chi connectivity index (χ2n) is 6.53. The number of pyridine rings is 1. The highest BCUT2D eigenvalue weighted by Crippen LogP contribution is 2.37. The maximum atomic E-state index is 6.25. The van der Waals surface area contributed by atoms with E-state index in [-0.39, 0.29) is 0 Å². The highest BCUT2D eigenvalue weighted by atomic mass is 35.5. The maximum absolute atomic E-state index is 6.25. The van der Waals surface area contributed by atoms with Crippen LogP contribution in [0.1, 0.15) is 0 Å². The molecule has 128 valence electrons. The lowest BCUT2D eigenvalue weighted by atomic mass is 10.1. The molecule has 0 N–H and O–H groups in total. The fourth-order valence-electron chi connectivity index (χ4n) is 3.28. The zero-order valence-corrected chi connectivity index (χ0v) is 15.3. The fraction of sp³-hybridized carbons (Fsp3) is 0.250. The molecule has 0 bridgehead atoms. The van der Waals surface area contributed by atoms with Gasteiger partial charge in [-0.15, -0.1) is 0 Å². The quantitative estimate of drug-likeness (QED) is 0.542. The van der Waals surface area contributed by atoms with Crippen LogP contribution < -0.4 is 4.74 Å². The minimum atomic E-state index is 0.602. The van der Waals surface area contributed by atoms with Gasteiger partial charge in [-0.2, -0.15) is 4.98 Å². The Bertz CT molecular complexity index is 1080. The summed E-state index contributed by atoms with van der Waals surface area (Å²) in [5.41, 5.74) is 2.03. The van der Waals surface area contributed by atoms with Crippen molar-refractivity contribution in [3.8, 4) is 5.88 Å². The Morgan fingerprint density at radius 2 is 1.84 bits per heavy atom. The molecule has 0 fully saturated rings. The first-order valence-electron chi connectivity index (χ1n) is 8.30. The Labute approximate surface area is 151 Å². The average molecular weight is 354 g/mol. The number of rotatable bonds is 4. The number of ether oxygens (including phenoxy) is 1. The topological polar surface area (TPSA) is 30.3 Å². The van der Waals surface area contributed by atoms with Crippen LogP contribution in [-0.2, 0) is 7.05 Å². The van der Waals surface area contributed by atoms with Gasteiger partial charge in [-0.05, 0) is 43.7 Å². The second-order valence-corrected chi connectivity index (χ2v) is 6.97. The van der Waals surface area contributed by atoms with E-state index >= 15 is 0 Å². The van der Waals surface area contributed by atoms with E-state index < -0.39 is 0 Å². The smallest absolute Gasteiger partial charge is 0.223 e. The molecule has 0 aliphatic heterocycles. The fourth-order valence-corrected chi connectivity index (χ4v) is 3.45. The minimum absolute atomic E-state index is 0.602. The second kappa shape index (κ2) is 6.21. The molecule has 4 nitrogen and oxygen atoms in total. The van der Waals surface area contributed by atoms with Crippen LogP contribution in [0.3, 0.4) is 0 Å². The zero-order valence-electron chi connectivity index (χ0n) is 14.6. The van der Waals surface area contributed by atoms with Gasteiger partial charge in [-0.3, -0.25) is 0 Å². The van der Waals surface area contributed by atoms with E-state index in [4.69, 9.17) is 21.3 Å². The predicted molar refractivity (Wildman–Crippen MR) is 105 cm³/mol. The van der Waals surface area contributed by atoms with Gasteiger partial charge in [0.25, 0.3) is 0 Å². The van der Waals surface area contributed by atoms with Crippen LogP contribution in [0, 0.1) is 0 Å². The Morgan fingerprint density at radius 3 is 2.60 bits per heavy atom. The van der Waals surface area contributed by atoms with E-state index in [9.17, 15) is 0 Å². The number of fused-ring (bicyclic) bond motifs is 5. The van der Waals surface area contributed by atoms with Crippen LogP contribution in [0.25, 0.3) is 32.7 Å². The van der Waals surface area contributed by atoms with Gasteiger partial charge in [-0.25, -0.2) is 0 Å². The highest BCUT2D eigenvalue weighted by Gasteiger charge is 2.16. The van der Waals surface area contributed by atoms with Crippen molar-refractivity contribution in [2.24, 2.45) is 7.05 Å². The molecule has 0 aliphatic rings. The van der Waals surface area contributed by atoms with Crippen LogP contribution in [0.4, 0.5) is 0 Å². The molecule has 0 aliphatic carbocycles. The van der Waals surface area contributed by atoms with Gasteiger partial charge in [-0.1, -0.05) is 29.8 Å². The molecule has 2 aromatic carbocycles. The summed E-state index contributed by atoms with van der Waals surface area (Å²) >= 11 is 6.25. The van der Waals surface area contributed by atoms with Crippen molar-refractivity contribution < 1.29 is 4.74 Å². The van der Waals surface area contributed by atoms with Crippen LogP contribution in [0.2, 0.25) is 5.02 Å². The van der Waals surface area contributed by atoms with E-state index in [1.54, 1.807) is 0 Å². The average Bonchev–Trinajstić information content (AvgIpc) is 2.87. The van der Waals surface area contributed by atoms with Gasteiger partial charge in [0.2, 0.25) is 5.88 Å². The molecule has 5 heteroatoms. The summed E-state index contributed by atoms with van der Waals surface area (Å²) in [6.45, 7) is 1.45. The molecule has 0 saturated heterocycles. The molecule has 4 rings (SSSR count).